The van der Waals surface area contributed by atoms with Gasteiger partial charge in [-0.3, -0.25) is 5.43 Å². The number of hydrazone groups is 1. The van der Waals surface area contributed by atoms with Crippen LogP contribution >= 0.6 is 0 Å². The van der Waals surface area contributed by atoms with Crippen molar-refractivity contribution in [2.24, 2.45) is 5.10 Å². The van der Waals surface area contributed by atoms with Gasteiger partial charge in [-0.2, -0.15) is 10.1 Å². The van der Waals surface area contributed by atoms with Crippen LogP contribution in [0.15, 0.2) is 52.2 Å². The minimum Gasteiger partial charge on any atom is -0.504 e. The molecule has 0 unspecified atom stereocenters. The summed E-state index contributed by atoms with van der Waals surface area (Å²) < 4.78 is 23.7. The van der Waals surface area contributed by atoms with Gasteiger partial charge >= 0.3 is 0 Å². The van der Waals surface area contributed by atoms with E-state index in [4.69, 9.17) is 4.74 Å². The lowest BCUT2D eigenvalue weighted by atomic mass is 10.2. The number of hydrogen-bond acceptors (Lipinski definition) is 10. The summed E-state index contributed by atoms with van der Waals surface area (Å²) in [7, 11) is 1.45. The SMILES string of the molecule is COc1cc(C=NNc2nc3nonc3nc2Nc2ccccc2F)ccc1O. The molecule has 11 heteroatoms. The molecule has 0 aliphatic carbocycles. The Hall–Kier alpha value is -4.28. The number of anilines is 3. The molecule has 2 aromatic heterocycles. The second kappa shape index (κ2) is 7.76. The standard InChI is InChI=1S/C18H14FN7O3/c1-28-14-8-10(6-7-13(14)27)9-20-24-16-15(21-12-5-3-2-4-11(12)19)22-17-18(23-16)26-29-25-17/h2-9,27H,1H3,(H,21,22,25)(H,23,24,26). The molecule has 0 aliphatic heterocycles. The van der Waals surface area contributed by atoms with Crippen molar-refractivity contribution >= 4 is 34.8 Å². The fraction of sp³-hybridized carbons (Fsp3) is 0.0556. The van der Waals surface area contributed by atoms with E-state index in [2.05, 4.69) is 40.8 Å². The number of hydrogen-bond donors (Lipinski definition) is 3. The maximum Gasteiger partial charge on any atom is 0.245 e. The van der Waals surface area contributed by atoms with Crippen molar-refractivity contribution in [2.75, 3.05) is 17.9 Å². The molecule has 0 amide bonds. The van der Waals surface area contributed by atoms with Crippen molar-refractivity contribution in [2.45, 2.75) is 0 Å². The molecule has 0 saturated heterocycles. The predicted octanol–water partition coefficient (Wildman–Crippen LogP) is 3.06. The average Bonchev–Trinajstić information content (AvgIpc) is 3.18. The Morgan fingerprint density at radius 3 is 2.62 bits per heavy atom. The van der Waals surface area contributed by atoms with Crippen LogP contribution in [0.25, 0.3) is 11.3 Å². The third-order valence-corrected chi connectivity index (χ3v) is 3.83. The Morgan fingerprint density at radius 2 is 1.86 bits per heavy atom. The molecular formula is C18H14FN7O3. The second-order valence-corrected chi connectivity index (χ2v) is 5.74. The lowest BCUT2D eigenvalue weighted by Crippen LogP contribution is -2.04. The molecular weight excluding hydrogens is 381 g/mol. The van der Waals surface area contributed by atoms with E-state index in [-0.39, 0.29) is 34.4 Å². The zero-order valence-electron chi connectivity index (χ0n) is 15.0. The highest BCUT2D eigenvalue weighted by Gasteiger charge is 2.14. The van der Waals surface area contributed by atoms with E-state index in [9.17, 15) is 9.50 Å². The van der Waals surface area contributed by atoms with Crippen LogP contribution in [0, 0.1) is 5.82 Å². The fourth-order valence-electron chi connectivity index (χ4n) is 2.44. The second-order valence-electron chi connectivity index (χ2n) is 5.74. The van der Waals surface area contributed by atoms with E-state index in [1.165, 1.54) is 25.5 Å². The van der Waals surface area contributed by atoms with Crippen LogP contribution in [0.2, 0.25) is 0 Å². The van der Waals surface area contributed by atoms with Crippen molar-refractivity contribution in [3.05, 3.63) is 53.8 Å². The molecule has 10 nitrogen and oxygen atoms in total. The van der Waals surface area contributed by atoms with Gasteiger partial charge in [-0.1, -0.05) is 12.1 Å². The van der Waals surface area contributed by atoms with Crippen LogP contribution in [-0.4, -0.2) is 38.7 Å². The molecule has 146 valence electrons. The largest absolute Gasteiger partial charge is 0.504 e. The lowest BCUT2D eigenvalue weighted by molar-refractivity contribution is 0.314. The summed E-state index contributed by atoms with van der Waals surface area (Å²) in [4.78, 5) is 8.47. The monoisotopic (exact) mass is 395 g/mol. The lowest BCUT2D eigenvalue weighted by Gasteiger charge is -2.10. The molecule has 3 N–H and O–H groups in total. The number of para-hydroxylation sites is 1. The van der Waals surface area contributed by atoms with Crippen molar-refractivity contribution in [3.63, 3.8) is 0 Å². The van der Waals surface area contributed by atoms with Gasteiger partial charge in [0, 0.05) is 0 Å². The molecule has 0 bridgehead atoms. The van der Waals surface area contributed by atoms with Gasteiger partial charge in [-0.25, -0.2) is 14.0 Å². The van der Waals surface area contributed by atoms with E-state index in [0.29, 0.717) is 11.3 Å². The number of ether oxygens (including phenoxy) is 1. The molecule has 0 aliphatic rings. The van der Waals surface area contributed by atoms with Crippen molar-refractivity contribution in [3.8, 4) is 11.5 Å². The highest BCUT2D eigenvalue weighted by atomic mass is 19.1. The summed E-state index contributed by atoms with van der Waals surface area (Å²) in [6.45, 7) is 0. The summed E-state index contributed by atoms with van der Waals surface area (Å²) in [5.41, 5.74) is 3.91. The van der Waals surface area contributed by atoms with Crippen LogP contribution < -0.4 is 15.5 Å². The minimum absolute atomic E-state index is 0.0174. The number of nitrogens with one attached hydrogen (secondary N) is 2. The summed E-state index contributed by atoms with van der Waals surface area (Å²) in [5.74, 6) is 0.227. The molecule has 4 aromatic rings. The number of phenols is 1. The Kier molecular flexibility index (Phi) is 4.84. The van der Waals surface area contributed by atoms with Crippen LogP contribution in [0.1, 0.15) is 5.56 Å². The number of aromatic nitrogens is 4. The minimum atomic E-state index is -0.460. The fourth-order valence-corrected chi connectivity index (χ4v) is 2.44. The first-order valence-electron chi connectivity index (χ1n) is 8.32. The van der Waals surface area contributed by atoms with E-state index in [1.807, 2.05) is 0 Å². The first-order chi connectivity index (χ1) is 14.1. The number of benzene rings is 2. The molecule has 29 heavy (non-hydrogen) atoms. The maximum atomic E-state index is 14.0. The quantitative estimate of drug-likeness (QED) is 0.333. The Balaban J connectivity index is 1.63. The van der Waals surface area contributed by atoms with Crippen molar-refractivity contribution in [1.29, 1.82) is 0 Å². The zero-order valence-corrected chi connectivity index (χ0v) is 15.0. The molecule has 0 atom stereocenters. The number of methoxy groups -OCH3 is 1. The van der Waals surface area contributed by atoms with Gasteiger partial charge in [0.1, 0.15) is 5.82 Å². The summed E-state index contributed by atoms with van der Waals surface area (Å²) >= 11 is 0. The number of rotatable bonds is 6. The Morgan fingerprint density at radius 1 is 1.10 bits per heavy atom. The van der Waals surface area contributed by atoms with E-state index in [0.717, 1.165) is 0 Å². The highest BCUT2D eigenvalue weighted by Crippen LogP contribution is 2.27. The van der Waals surface area contributed by atoms with E-state index >= 15 is 0 Å². The van der Waals surface area contributed by atoms with E-state index < -0.39 is 5.82 Å². The van der Waals surface area contributed by atoms with Crippen LogP contribution in [0.4, 0.5) is 21.7 Å². The number of aromatic hydroxyl groups is 1. The van der Waals surface area contributed by atoms with Gasteiger partial charge in [0.15, 0.2) is 23.1 Å². The van der Waals surface area contributed by atoms with Crippen molar-refractivity contribution < 1.29 is 18.9 Å². The molecule has 0 radical (unpaired) electrons. The van der Waals surface area contributed by atoms with E-state index in [1.54, 1.807) is 30.3 Å². The van der Waals surface area contributed by atoms with Crippen molar-refractivity contribution in [1.82, 2.24) is 20.3 Å². The maximum absolute atomic E-state index is 14.0. The molecule has 4 rings (SSSR count). The summed E-state index contributed by atoms with van der Waals surface area (Å²) in [5, 5.41) is 23.9. The topological polar surface area (TPSA) is 131 Å². The molecule has 0 fully saturated rings. The number of phenolic OH excluding ortho intramolecular Hbond substituents is 1. The molecule has 0 saturated carbocycles. The van der Waals surface area contributed by atoms with Gasteiger partial charge in [0.25, 0.3) is 0 Å². The molecule has 0 spiro atoms. The average molecular weight is 395 g/mol. The third-order valence-electron chi connectivity index (χ3n) is 3.83. The van der Waals surface area contributed by atoms with Gasteiger partial charge in [0.2, 0.25) is 11.3 Å². The van der Waals surface area contributed by atoms with Gasteiger partial charge in [0.05, 0.1) is 19.0 Å². The van der Waals surface area contributed by atoms with Crippen LogP contribution in [0.3, 0.4) is 0 Å². The number of nitrogens with zero attached hydrogens (tertiary/aromatic N) is 5. The van der Waals surface area contributed by atoms with Gasteiger partial charge in [-0.15, -0.1) is 0 Å². The first-order valence-corrected chi connectivity index (χ1v) is 8.32. The highest BCUT2D eigenvalue weighted by molar-refractivity contribution is 5.82. The van der Waals surface area contributed by atoms with Gasteiger partial charge in [-0.05, 0) is 46.2 Å². The van der Waals surface area contributed by atoms with Gasteiger partial charge < -0.3 is 15.2 Å². The number of fused-ring (bicyclic) bond motifs is 1. The zero-order chi connectivity index (χ0) is 20.2. The normalized spacial score (nSPS) is 11.1. The first kappa shape index (κ1) is 18.1. The predicted molar refractivity (Wildman–Crippen MR) is 103 cm³/mol. The van der Waals surface area contributed by atoms with Crippen LogP contribution in [-0.2, 0) is 0 Å². The third kappa shape index (κ3) is 3.88. The Labute approximate surface area is 163 Å². The molecule has 2 heterocycles. The summed E-state index contributed by atoms with van der Waals surface area (Å²) in [6.07, 6.45) is 1.49. The Bertz CT molecular complexity index is 1200. The smallest absolute Gasteiger partial charge is 0.245 e. The van der Waals surface area contributed by atoms with Crippen LogP contribution in [0.5, 0.6) is 11.5 Å². The number of halogens is 1. The molecule has 2 aromatic carbocycles. The summed E-state index contributed by atoms with van der Waals surface area (Å²) in [6, 6.07) is 10.9.